The summed E-state index contributed by atoms with van der Waals surface area (Å²) >= 11 is 1.72. The average Bonchev–Trinajstić information content (AvgIpc) is 2.90. The highest BCUT2D eigenvalue weighted by Crippen LogP contribution is 2.32. The topological polar surface area (TPSA) is 57.6 Å². The Balaban J connectivity index is 1.65. The Morgan fingerprint density at radius 1 is 1.11 bits per heavy atom. The lowest BCUT2D eigenvalue weighted by atomic mass is 9.89. The summed E-state index contributed by atoms with van der Waals surface area (Å²) in [5.74, 6) is 0.0168. The van der Waals surface area contributed by atoms with E-state index in [2.05, 4.69) is 0 Å². The van der Waals surface area contributed by atoms with Crippen LogP contribution in [-0.4, -0.2) is 46.0 Å². The van der Waals surface area contributed by atoms with Crippen molar-refractivity contribution in [1.82, 2.24) is 4.90 Å². The lowest BCUT2D eigenvalue weighted by molar-refractivity contribution is -0.142. The van der Waals surface area contributed by atoms with Gasteiger partial charge in [-0.1, -0.05) is 0 Å². The van der Waals surface area contributed by atoms with Crippen LogP contribution in [0.3, 0.4) is 0 Å². The van der Waals surface area contributed by atoms with Gasteiger partial charge < -0.3 is 10.0 Å². The van der Waals surface area contributed by atoms with E-state index in [1.165, 1.54) is 0 Å². The van der Waals surface area contributed by atoms with Gasteiger partial charge in [-0.25, -0.2) is 0 Å². The molecule has 0 bridgehead atoms. The SMILES string of the molecule is O=C(O)C1CCC(SCC(=O)N2CCCC2)CC1. The van der Waals surface area contributed by atoms with Gasteiger partial charge >= 0.3 is 5.97 Å². The van der Waals surface area contributed by atoms with Gasteiger partial charge in [0.15, 0.2) is 0 Å². The number of carboxylic acid groups (broad SMARTS) is 1. The summed E-state index contributed by atoms with van der Waals surface area (Å²) in [6, 6.07) is 0. The molecule has 1 aliphatic carbocycles. The minimum absolute atomic E-state index is 0.156. The molecule has 0 atom stereocenters. The van der Waals surface area contributed by atoms with Crippen molar-refractivity contribution in [3.8, 4) is 0 Å². The van der Waals surface area contributed by atoms with E-state index in [0.717, 1.165) is 51.6 Å². The van der Waals surface area contributed by atoms with Gasteiger partial charge in [0.05, 0.1) is 11.7 Å². The molecule has 0 radical (unpaired) electrons. The Labute approximate surface area is 112 Å². The molecule has 1 heterocycles. The molecule has 2 rings (SSSR count). The Morgan fingerprint density at radius 2 is 1.72 bits per heavy atom. The van der Waals surface area contributed by atoms with Gasteiger partial charge in [-0.2, -0.15) is 0 Å². The molecule has 0 unspecified atom stereocenters. The normalized spacial score (nSPS) is 28.3. The predicted octanol–water partition coefficient (Wildman–Crippen LogP) is 1.99. The molecule has 18 heavy (non-hydrogen) atoms. The average molecular weight is 271 g/mol. The van der Waals surface area contributed by atoms with Gasteiger partial charge in [0.25, 0.3) is 0 Å². The van der Waals surface area contributed by atoms with Crippen molar-refractivity contribution in [2.24, 2.45) is 5.92 Å². The second-order valence-electron chi connectivity index (χ2n) is 5.21. The van der Waals surface area contributed by atoms with Gasteiger partial charge in [0.1, 0.15) is 0 Å². The molecule has 2 aliphatic rings. The van der Waals surface area contributed by atoms with E-state index in [1.807, 2.05) is 4.90 Å². The third kappa shape index (κ3) is 3.64. The number of thioether (sulfide) groups is 1. The van der Waals surface area contributed by atoms with Gasteiger partial charge in [-0.15, -0.1) is 11.8 Å². The van der Waals surface area contributed by atoms with E-state index >= 15 is 0 Å². The zero-order valence-corrected chi connectivity index (χ0v) is 11.5. The molecule has 1 amide bonds. The Bertz CT molecular complexity index is 307. The summed E-state index contributed by atoms with van der Waals surface area (Å²) in [5, 5.41) is 9.40. The van der Waals surface area contributed by atoms with Crippen molar-refractivity contribution >= 4 is 23.6 Å². The number of amides is 1. The number of aliphatic carboxylic acids is 1. The maximum Gasteiger partial charge on any atom is 0.306 e. The lowest BCUT2D eigenvalue weighted by Gasteiger charge is -2.26. The van der Waals surface area contributed by atoms with Gasteiger partial charge in [0, 0.05) is 18.3 Å². The quantitative estimate of drug-likeness (QED) is 0.849. The minimum Gasteiger partial charge on any atom is -0.481 e. The second-order valence-corrected chi connectivity index (χ2v) is 6.50. The minimum atomic E-state index is -0.661. The van der Waals surface area contributed by atoms with Crippen molar-refractivity contribution in [2.45, 2.75) is 43.8 Å². The molecule has 102 valence electrons. The molecular weight excluding hydrogens is 250 g/mol. The maximum absolute atomic E-state index is 11.9. The molecule has 5 heteroatoms. The number of carboxylic acids is 1. The summed E-state index contributed by atoms with van der Waals surface area (Å²) in [6.45, 7) is 1.84. The predicted molar refractivity (Wildman–Crippen MR) is 71.7 cm³/mol. The summed E-state index contributed by atoms with van der Waals surface area (Å²) in [6.07, 6.45) is 5.69. The Kier molecular flexibility index (Phi) is 4.92. The third-order valence-corrected chi connectivity index (χ3v) is 5.28. The number of nitrogens with zero attached hydrogens (tertiary/aromatic N) is 1. The number of carbonyl (C=O) groups excluding carboxylic acids is 1. The highest BCUT2D eigenvalue weighted by atomic mass is 32.2. The molecule has 0 aromatic heterocycles. The van der Waals surface area contributed by atoms with Gasteiger partial charge in [0.2, 0.25) is 5.91 Å². The van der Waals surface area contributed by atoms with Crippen LogP contribution in [-0.2, 0) is 9.59 Å². The zero-order chi connectivity index (χ0) is 13.0. The number of hydrogen-bond donors (Lipinski definition) is 1. The van der Waals surface area contributed by atoms with Crippen LogP contribution in [0.15, 0.2) is 0 Å². The molecule has 1 aliphatic heterocycles. The maximum atomic E-state index is 11.9. The van der Waals surface area contributed by atoms with E-state index < -0.39 is 5.97 Å². The molecule has 1 saturated heterocycles. The van der Waals surface area contributed by atoms with E-state index in [0.29, 0.717) is 11.0 Å². The van der Waals surface area contributed by atoms with Crippen LogP contribution in [0.5, 0.6) is 0 Å². The fourth-order valence-corrected chi connectivity index (χ4v) is 3.89. The standard InChI is InChI=1S/C13H21NO3S/c15-12(14-7-1-2-8-14)9-18-11-5-3-10(4-6-11)13(16)17/h10-11H,1-9H2,(H,16,17). The number of carbonyl (C=O) groups is 2. The molecule has 1 N–H and O–H groups in total. The van der Waals surface area contributed by atoms with Crippen molar-refractivity contribution in [2.75, 3.05) is 18.8 Å². The lowest BCUT2D eigenvalue weighted by Crippen LogP contribution is -2.30. The molecule has 1 saturated carbocycles. The molecule has 0 aromatic rings. The Hall–Kier alpha value is -0.710. The first-order valence-electron chi connectivity index (χ1n) is 6.79. The van der Waals surface area contributed by atoms with Crippen molar-refractivity contribution < 1.29 is 14.7 Å². The first-order chi connectivity index (χ1) is 8.66. The largest absolute Gasteiger partial charge is 0.481 e. The van der Waals surface area contributed by atoms with Crippen LogP contribution in [0, 0.1) is 5.92 Å². The fourth-order valence-electron chi connectivity index (χ4n) is 2.72. The van der Waals surface area contributed by atoms with Crippen LogP contribution >= 0.6 is 11.8 Å². The molecule has 0 spiro atoms. The summed E-state index contributed by atoms with van der Waals surface area (Å²) in [5.41, 5.74) is 0. The number of likely N-dealkylation sites (tertiary alicyclic amines) is 1. The van der Waals surface area contributed by atoms with Crippen molar-refractivity contribution in [3.63, 3.8) is 0 Å². The Morgan fingerprint density at radius 3 is 2.28 bits per heavy atom. The summed E-state index contributed by atoms with van der Waals surface area (Å²) in [7, 11) is 0. The van der Waals surface area contributed by atoms with E-state index in [-0.39, 0.29) is 11.8 Å². The van der Waals surface area contributed by atoms with E-state index in [4.69, 9.17) is 5.11 Å². The van der Waals surface area contributed by atoms with Crippen LogP contribution in [0.2, 0.25) is 0 Å². The molecule has 2 fully saturated rings. The van der Waals surface area contributed by atoms with Crippen LogP contribution in [0.4, 0.5) is 0 Å². The number of rotatable bonds is 4. The van der Waals surface area contributed by atoms with Crippen LogP contribution < -0.4 is 0 Å². The highest BCUT2D eigenvalue weighted by Gasteiger charge is 2.27. The molecule has 0 aromatic carbocycles. The first kappa shape index (κ1) is 13.7. The van der Waals surface area contributed by atoms with Crippen LogP contribution in [0.25, 0.3) is 0 Å². The highest BCUT2D eigenvalue weighted by molar-refractivity contribution is 8.00. The summed E-state index contributed by atoms with van der Waals surface area (Å²) < 4.78 is 0. The van der Waals surface area contributed by atoms with Crippen LogP contribution in [0.1, 0.15) is 38.5 Å². The van der Waals surface area contributed by atoms with Crippen molar-refractivity contribution in [1.29, 1.82) is 0 Å². The second kappa shape index (κ2) is 6.45. The van der Waals surface area contributed by atoms with Gasteiger partial charge in [-0.3, -0.25) is 9.59 Å². The number of hydrogen-bond acceptors (Lipinski definition) is 3. The third-order valence-electron chi connectivity index (χ3n) is 3.92. The smallest absolute Gasteiger partial charge is 0.306 e. The monoisotopic (exact) mass is 271 g/mol. The molecule has 4 nitrogen and oxygen atoms in total. The van der Waals surface area contributed by atoms with E-state index in [9.17, 15) is 9.59 Å². The van der Waals surface area contributed by atoms with Gasteiger partial charge in [-0.05, 0) is 38.5 Å². The first-order valence-corrected chi connectivity index (χ1v) is 7.84. The fraction of sp³-hybridized carbons (Fsp3) is 0.846. The zero-order valence-electron chi connectivity index (χ0n) is 10.6. The van der Waals surface area contributed by atoms with Crippen molar-refractivity contribution in [3.05, 3.63) is 0 Å². The molecular formula is C13H21NO3S. The summed E-state index contributed by atoms with van der Waals surface area (Å²) in [4.78, 5) is 24.7. The van der Waals surface area contributed by atoms with E-state index in [1.54, 1.807) is 11.8 Å².